The van der Waals surface area contributed by atoms with Crippen LogP contribution in [-0.2, 0) is 6.42 Å². The topological polar surface area (TPSA) is 76.2 Å². The van der Waals surface area contributed by atoms with Crippen LogP contribution in [0.15, 0.2) is 72.8 Å². The standard InChI is InChI=1S/C28H24FN3O3/c1-34-24-13-7-10-19(27(24)35-2)25-26-20(18-9-4-6-12-22(18)31-26)16-23(32-25)28(33)30-15-14-17-8-3-5-11-21(17)29/h3-13,16,31H,14-15H2,1-2H3,(H,30,33). The van der Waals surface area contributed by atoms with Gasteiger partial charge < -0.3 is 19.8 Å². The quantitative estimate of drug-likeness (QED) is 0.330. The van der Waals surface area contributed by atoms with Gasteiger partial charge in [0.2, 0.25) is 0 Å². The predicted octanol–water partition coefficient (Wildman–Crippen LogP) is 5.51. The number of nitrogens with zero attached hydrogens (tertiary/aromatic N) is 1. The molecule has 2 heterocycles. The maximum Gasteiger partial charge on any atom is 0.269 e. The van der Waals surface area contributed by atoms with E-state index in [0.29, 0.717) is 34.7 Å². The number of rotatable bonds is 7. The molecular weight excluding hydrogens is 445 g/mol. The number of para-hydroxylation sites is 2. The molecule has 6 nitrogen and oxygen atoms in total. The molecule has 5 aromatic rings. The molecule has 0 atom stereocenters. The van der Waals surface area contributed by atoms with Crippen molar-refractivity contribution in [1.82, 2.24) is 15.3 Å². The summed E-state index contributed by atoms with van der Waals surface area (Å²) in [7, 11) is 3.15. The molecule has 0 unspecified atom stereocenters. The largest absolute Gasteiger partial charge is 0.493 e. The predicted molar refractivity (Wildman–Crippen MR) is 135 cm³/mol. The second-order valence-corrected chi connectivity index (χ2v) is 8.09. The summed E-state index contributed by atoms with van der Waals surface area (Å²) in [5, 5.41) is 4.73. The fourth-order valence-electron chi connectivity index (χ4n) is 4.33. The summed E-state index contributed by atoms with van der Waals surface area (Å²) in [6, 6.07) is 21.8. The number of hydrogen-bond donors (Lipinski definition) is 2. The first-order valence-corrected chi connectivity index (χ1v) is 11.2. The summed E-state index contributed by atoms with van der Waals surface area (Å²) in [4.78, 5) is 21.3. The molecule has 0 spiro atoms. The molecule has 7 heteroatoms. The van der Waals surface area contributed by atoms with Crippen molar-refractivity contribution in [2.45, 2.75) is 6.42 Å². The molecule has 1 amide bonds. The third-order valence-corrected chi connectivity index (χ3v) is 6.02. The number of ether oxygens (including phenoxy) is 2. The Labute approximate surface area is 201 Å². The molecule has 0 aliphatic rings. The van der Waals surface area contributed by atoms with Gasteiger partial charge in [0.15, 0.2) is 11.5 Å². The van der Waals surface area contributed by atoms with E-state index in [1.54, 1.807) is 38.5 Å². The zero-order valence-corrected chi connectivity index (χ0v) is 19.4. The van der Waals surface area contributed by atoms with E-state index in [-0.39, 0.29) is 24.0 Å². The lowest BCUT2D eigenvalue weighted by Gasteiger charge is -2.14. The zero-order valence-electron chi connectivity index (χ0n) is 19.4. The number of amides is 1. The van der Waals surface area contributed by atoms with Crippen LogP contribution in [0.1, 0.15) is 16.1 Å². The Morgan fingerprint density at radius 3 is 2.57 bits per heavy atom. The second kappa shape index (κ2) is 9.46. The Bertz CT molecular complexity index is 1540. The number of fused-ring (bicyclic) bond motifs is 3. The maximum atomic E-state index is 13.9. The van der Waals surface area contributed by atoms with Gasteiger partial charge in [-0.1, -0.05) is 42.5 Å². The summed E-state index contributed by atoms with van der Waals surface area (Å²) in [5.74, 6) is 0.472. The van der Waals surface area contributed by atoms with E-state index >= 15 is 0 Å². The lowest BCUT2D eigenvalue weighted by Crippen LogP contribution is -2.26. The first-order chi connectivity index (χ1) is 17.1. The maximum absolute atomic E-state index is 13.9. The van der Waals surface area contributed by atoms with Gasteiger partial charge in [-0.25, -0.2) is 9.37 Å². The molecule has 0 radical (unpaired) electrons. The fraction of sp³-hybridized carbons (Fsp3) is 0.143. The molecule has 0 bridgehead atoms. The van der Waals surface area contributed by atoms with Gasteiger partial charge in [-0.05, 0) is 42.3 Å². The monoisotopic (exact) mass is 469 g/mol. The van der Waals surface area contributed by atoms with Crippen molar-refractivity contribution < 1.29 is 18.7 Å². The number of benzene rings is 3. The van der Waals surface area contributed by atoms with Crippen molar-refractivity contribution in [2.75, 3.05) is 20.8 Å². The molecule has 3 aromatic carbocycles. The SMILES string of the molecule is COc1cccc(-c2nc(C(=O)NCCc3ccccc3F)cc3c2[nH]c2ccccc23)c1OC. The number of methoxy groups -OCH3 is 2. The van der Waals surface area contributed by atoms with Crippen LogP contribution in [0.2, 0.25) is 0 Å². The number of aromatic nitrogens is 2. The van der Waals surface area contributed by atoms with Crippen LogP contribution in [0.4, 0.5) is 4.39 Å². The number of pyridine rings is 1. The highest BCUT2D eigenvalue weighted by Gasteiger charge is 2.21. The number of aromatic amines is 1. The van der Waals surface area contributed by atoms with Crippen molar-refractivity contribution in [3.05, 3.63) is 89.9 Å². The molecule has 2 N–H and O–H groups in total. The minimum Gasteiger partial charge on any atom is -0.493 e. The van der Waals surface area contributed by atoms with E-state index in [1.807, 2.05) is 42.5 Å². The van der Waals surface area contributed by atoms with Gasteiger partial charge in [0.05, 0.1) is 25.4 Å². The van der Waals surface area contributed by atoms with Gasteiger partial charge in [0, 0.05) is 28.4 Å². The van der Waals surface area contributed by atoms with Gasteiger partial charge in [0.25, 0.3) is 5.91 Å². The average Bonchev–Trinajstić information content (AvgIpc) is 3.27. The van der Waals surface area contributed by atoms with Gasteiger partial charge in [-0.2, -0.15) is 0 Å². The van der Waals surface area contributed by atoms with E-state index in [0.717, 1.165) is 21.8 Å². The van der Waals surface area contributed by atoms with Crippen molar-refractivity contribution in [1.29, 1.82) is 0 Å². The van der Waals surface area contributed by atoms with Gasteiger partial charge in [0.1, 0.15) is 11.5 Å². The zero-order chi connectivity index (χ0) is 24.4. The van der Waals surface area contributed by atoms with Crippen LogP contribution >= 0.6 is 0 Å². The van der Waals surface area contributed by atoms with Crippen LogP contribution in [0.5, 0.6) is 11.5 Å². The van der Waals surface area contributed by atoms with Crippen LogP contribution in [0, 0.1) is 5.82 Å². The molecule has 0 saturated carbocycles. The van der Waals surface area contributed by atoms with E-state index in [2.05, 4.69) is 10.3 Å². The average molecular weight is 470 g/mol. The highest BCUT2D eigenvalue weighted by molar-refractivity contribution is 6.13. The molecular formula is C28H24FN3O3. The minimum atomic E-state index is -0.336. The Morgan fingerprint density at radius 2 is 1.77 bits per heavy atom. The molecule has 0 saturated heterocycles. The molecule has 0 aliphatic carbocycles. The summed E-state index contributed by atoms with van der Waals surface area (Å²) in [6.45, 7) is 0.283. The van der Waals surface area contributed by atoms with Crippen molar-refractivity contribution in [3.63, 3.8) is 0 Å². The Hall–Kier alpha value is -4.39. The number of halogens is 1. The summed E-state index contributed by atoms with van der Waals surface area (Å²) in [6.07, 6.45) is 0.379. The number of carbonyl (C=O) groups is 1. The Morgan fingerprint density at radius 1 is 0.971 bits per heavy atom. The smallest absolute Gasteiger partial charge is 0.269 e. The van der Waals surface area contributed by atoms with Crippen LogP contribution in [0.3, 0.4) is 0 Å². The molecule has 176 valence electrons. The number of carbonyl (C=O) groups excluding carboxylic acids is 1. The lowest BCUT2D eigenvalue weighted by molar-refractivity contribution is 0.0949. The first-order valence-electron chi connectivity index (χ1n) is 11.2. The van der Waals surface area contributed by atoms with E-state index in [4.69, 9.17) is 14.5 Å². The highest BCUT2D eigenvalue weighted by atomic mass is 19.1. The second-order valence-electron chi connectivity index (χ2n) is 8.09. The van der Waals surface area contributed by atoms with E-state index in [9.17, 15) is 9.18 Å². The molecule has 5 rings (SSSR count). The highest BCUT2D eigenvalue weighted by Crippen LogP contribution is 2.41. The summed E-state index contributed by atoms with van der Waals surface area (Å²) in [5.41, 5.74) is 3.81. The van der Waals surface area contributed by atoms with E-state index in [1.165, 1.54) is 6.07 Å². The van der Waals surface area contributed by atoms with Crippen molar-refractivity contribution in [3.8, 4) is 22.8 Å². The van der Waals surface area contributed by atoms with Crippen molar-refractivity contribution >= 4 is 27.7 Å². The molecule has 2 aromatic heterocycles. The van der Waals surface area contributed by atoms with Crippen molar-refractivity contribution in [2.24, 2.45) is 0 Å². The number of H-pyrrole nitrogens is 1. The Kier molecular flexibility index (Phi) is 6.06. The summed E-state index contributed by atoms with van der Waals surface area (Å²) < 4.78 is 25.1. The lowest BCUT2D eigenvalue weighted by atomic mass is 10.0. The number of hydrogen-bond acceptors (Lipinski definition) is 4. The summed E-state index contributed by atoms with van der Waals surface area (Å²) >= 11 is 0. The van der Waals surface area contributed by atoms with Crippen LogP contribution in [-0.4, -0.2) is 36.6 Å². The molecule has 0 fully saturated rings. The first kappa shape index (κ1) is 22.4. The van der Waals surface area contributed by atoms with Gasteiger partial charge in [-0.15, -0.1) is 0 Å². The van der Waals surface area contributed by atoms with E-state index < -0.39 is 0 Å². The normalized spacial score (nSPS) is 11.1. The van der Waals surface area contributed by atoms with Gasteiger partial charge in [-0.3, -0.25) is 4.79 Å². The minimum absolute atomic E-state index is 0.260. The van der Waals surface area contributed by atoms with Crippen LogP contribution < -0.4 is 14.8 Å². The Balaban J connectivity index is 1.58. The third kappa shape index (κ3) is 4.17. The molecule has 0 aliphatic heterocycles. The third-order valence-electron chi connectivity index (χ3n) is 6.02. The number of nitrogens with one attached hydrogen (secondary N) is 2. The van der Waals surface area contributed by atoms with Crippen LogP contribution in [0.25, 0.3) is 33.1 Å². The van der Waals surface area contributed by atoms with Gasteiger partial charge >= 0.3 is 0 Å². The fourth-order valence-corrected chi connectivity index (χ4v) is 4.33. The molecule has 35 heavy (non-hydrogen) atoms.